The number of hydrogen-bond donors (Lipinski definition) is 1. The van der Waals surface area contributed by atoms with Crippen LogP contribution in [0.1, 0.15) is 12.8 Å². The summed E-state index contributed by atoms with van der Waals surface area (Å²) in [6, 6.07) is 0. The molecule has 6 heavy (non-hydrogen) atoms. The van der Waals surface area contributed by atoms with Crippen molar-refractivity contribution in [3.63, 3.8) is 0 Å². The Morgan fingerprint density at radius 2 is 2.50 bits per heavy atom. The third-order valence-corrected chi connectivity index (χ3v) is 1.03. The van der Waals surface area contributed by atoms with Crippen LogP contribution in [-0.2, 0) is 0 Å². The zero-order valence-electron chi connectivity index (χ0n) is 3.65. The molecule has 0 aliphatic carbocycles. The summed E-state index contributed by atoms with van der Waals surface area (Å²) in [7, 11) is 0. The van der Waals surface area contributed by atoms with Crippen molar-refractivity contribution in [3.05, 3.63) is 0 Å². The summed E-state index contributed by atoms with van der Waals surface area (Å²) in [5, 5.41) is 2.88. The first-order valence-electron chi connectivity index (χ1n) is 2.31. The highest BCUT2D eigenvalue weighted by Gasteiger charge is 2.08. The van der Waals surface area contributed by atoms with Crippen molar-refractivity contribution < 1.29 is 0 Å². The van der Waals surface area contributed by atoms with Gasteiger partial charge in [-0.25, -0.2) is 0 Å². The SMILES string of the molecule is [N]C1CCCN1. The van der Waals surface area contributed by atoms with E-state index in [4.69, 9.17) is 5.73 Å². The van der Waals surface area contributed by atoms with E-state index in [2.05, 4.69) is 5.32 Å². The van der Waals surface area contributed by atoms with Gasteiger partial charge in [-0.15, -0.1) is 5.73 Å². The highest BCUT2D eigenvalue weighted by Crippen LogP contribution is 1.98. The van der Waals surface area contributed by atoms with E-state index in [9.17, 15) is 0 Å². The van der Waals surface area contributed by atoms with Crippen molar-refractivity contribution in [3.8, 4) is 0 Å². The van der Waals surface area contributed by atoms with Gasteiger partial charge in [-0.05, 0) is 19.4 Å². The predicted molar refractivity (Wildman–Crippen MR) is 23.2 cm³/mol. The molecule has 1 aliphatic rings. The van der Waals surface area contributed by atoms with Crippen molar-refractivity contribution in [1.29, 1.82) is 0 Å². The van der Waals surface area contributed by atoms with Crippen LogP contribution < -0.4 is 11.1 Å². The molecule has 0 saturated carbocycles. The van der Waals surface area contributed by atoms with Gasteiger partial charge in [0.15, 0.2) is 0 Å². The van der Waals surface area contributed by atoms with Crippen LogP contribution in [0.3, 0.4) is 0 Å². The second kappa shape index (κ2) is 1.58. The normalized spacial score (nSPS) is 34.5. The van der Waals surface area contributed by atoms with Crippen LogP contribution in [-0.4, -0.2) is 12.7 Å². The standard InChI is InChI=1S/C4H8N2/c5-4-2-1-3-6-4/h4,6H,1-3H2. The lowest BCUT2D eigenvalue weighted by Gasteiger charge is -1.91. The molecule has 1 atom stereocenters. The van der Waals surface area contributed by atoms with E-state index >= 15 is 0 Å². The molecule has 0 aromatic carbocycles. The molecule has 1 unspecified atom stereocenters. The minimum atomic E-state index is -0.204. The van der Waals surface area contributed by atoms with Crippen LogP contribution in [0.5, 0.6) is 0 Å². The Bertz CT molecular complexity index is 38.8. The molecule has 0 amide bonds. The second-order valence-electron chi connectivity index (χ2n) is 1.61. The molecule has 0 aromatic rings. The molecule has 2 heteroatoms. The maximum atomic E-state index is 8.62. The van der Waals surface area contributed by atoms with Gasteiger partial charge in [0.2, 0.25) is 0 Å². The predicted octanol–water partition coefficient (Wildman–Crippen LogP) is -0.235. The average Bonchev–Trinajstić information content (AvgIpc) is 1.86. The lowest BCUT2D eigenvalue weighted by Crippen LogP contribution is -2.21. The molecule has 1 saturated heterocycles. The average molecular weight is 84.1 g/mol. The Kier molecular flexibility index (Phi) is 1.08. The number of nitrogens with one attached hydrogen (secondary N) is 1. The molecule has 1 N–H and O–H groups in total. The molecule has 0 spiro atoms. The highest BCUT2D eigenvalue weighted by molar-refractivity contribution is 4.65. The topological polar surface area (TPSA) is 34.3 Å². The van der Waals surface area contributed by atoms with E-state index in [1.807, 2.05) is 0 Å². The quantitative estimate of drug-likeness (QED) is 0.432. The molecule has 0 aromatic heterocycles. The molecule has 1 aliphatic heterocycles. The number of nitrogens with zero attached hydrogens (tertiary/aromatic N) is 1. The van der Waals surface area contributed by atoms with Crippen molar-refractivity contribution >= 4 is 0 Å². The summed E-state index contributed by atoms with van der Waals surface area (Å²) in [6.45, 7) is 0.987. The summed E-state index contributed by atoms with van der Waals surface area (Å²) in [5.74, 6) is 0. The summed E-state index contributed by atoms with van der Waals surface area (Å²) >= 11 is 0. The van der Waals surface area contributed by atoms with Gasteiger partial charge in [-0.1, -0.05) is 0 Å². The molecule has 1 rings (SSSR count). The van der Waals surface area contributed by atoms with Crippen LogP contribution >= 0.6 is 0 Å². The molecule has 1 fully saturated rings. The lowest BCUT2D eigenvalue weighted by atomic mass is 10.3. The van der Waals surface area contributed by atoms with Gasteiger partial charge in [0.1, 0.15) is 0 Å². The summed E-state index contributed by atoms with van der Waals surface area (Å²) in [6.07, 6.45) is 1.85. The van der Waals surface area contributed by atoms with Crippen LogP contribution in [0.15, 0.2) is 0 Å². The van der Waals surface area contributed by atoms with Gasteiger partial charge >= 0.3 is 0 Å². The summed E-state index contributed by atoms with van der Waals surface area (Å²) < 4.78 is 0. The molecular weight excluding hydrogens is 76.1 g/mol. The Balaban J connectivity index is 2.18. The molecule has 2 nitrogen and oxygen atoms in total. The molecular formula is C4H8N2. The van der Waals surface area contributed by atoms with Gasteiger partial charge in [-0.3, -0.25) is 5.32 Å². The zero-order chi connectivity index (χ0) is 4.41. The Hall–Kier alpha value is -0.0800. The van der Waals surface area contributed by atoms with Crippen molar-refractivity contribution in [2.75, 3.05) is 6.54 Å². The maximum Gasteiger partial charge on any atom is 0.0926 e. The molecule has 2 radical (unpaired) electrons. The van der Waals surface area contributed by atoms with Gasteiger partial charge < -0.3 is 0 Å². The zero-order valence-corrected chi connectivity index (χ0v) is 3.65. The first-order valence-corrected chi connectivity index (χ1v) is 2.31. The third-order valence-electron chi connectivity index (χ3n) is 1.03. The minimum Gasteiger partial charge on any atom is -0.299 e. The first kappa shape index (κ1) is 4.09. The fraction of sp³-hybridized carbons (Fsp3) is 1.00. The Labute approximate surface area is 37.7 Å². The van der Waals surface area contributed by atoms with E-state index in [1.165, 1.54) is 0 Å². The minimum absolute atomic E-state index is 0.204. The van der Waals surface area contributed by atoms with Crippen molar-refractivity contribution in [2.24, 2.45) is 0 Å². The molecule has 0 bridgehead atoms. The van der Waals surface area contributed by atoms with E-state index in [-0.39, 0.29) is 6.17 Å². The van der Waals surface area contributed by atoms with Crippen LogP contribution in [0.4, 0.5) is 0 Å². The maximum absolute atomic E-state index is 8.62. The third kappa shape index (κ3) is 0.698. The van der Waals surface area contributed by atoms with E-state index < -0.39 is 0 Å². The van der Waals surface area contributed by atoms with Crippen LogP contribution in [0.25, 0.3) is 0 Å². The van der Waals surface area contributed by atoms with Crippen molar-refractivity contribution in [2.45, 2.75) is 19.0 Å². The fourth-order valence-corrected chi connectivity index (χ4v) is 0.666. The van der Waals surface area contributed by atoms with Gasteiger partial charge in [0, 0.05) is 0 Å². The fourth-order valence-electron chi connectivity index (χ4n) is 0.666. The lowest BCUT2D eigenvalue weighted by molar-refractivity contribution is 0.615. The van der Waals surface area contributed by atoms with E-state index in [0.29, 0.717) is 0 Å². The Morgan fingerprint density at radius 1 is 1.67 bits per heavy atom. The van der Waals surface area contributed by atoms with E-state index in [0.717, 1.165) is 19.4 Å². The van der Waals surface area contributed by atoms with E-state index in [1.54, 1.807) is 0 Å². The largest absolute Gasteiger partial charge is 0.299 e. The smallest absolute Gasteiger partial charge is 0.0926 e. The highest BCUT2D eigenvalue weighted by atomic mass is 15.0. The monoisotopic (exact) mass is 84.1 g/mol. The molecule has 1 heterocycles. The van der Waals surface area contributed by atoms with Gasteiger partial charge in [-0.2, -0.15) is 0 Å². The summed E-state index contributed by atoms with van der Waals surface area (Å²) in [5.41, 5.74) is 8.62. The number of rotatable bonds is 0. The Morgan fingerprint density at radius 3 is 2.67 bits per heavy atom. The summed E-state index contributed by atoms with van der Waals surface area (Å²) in [4.78, 5) is 0. The van der Waals surface area contributed by atoms with Gasteiger partial charge in [0.25, 0.3) is 0 Å². The second-order valence-corrected chi connectivity index (χ2v) is 1.61. The number of hydrogen-bond acceptors (Lipinski definition) is 1. The van der Waals surface area contributed by atoms with Crippen molar-refractivity contribution in [1.82, 2.24) is 11.1 Å². The van der Waals surface area contributed by atoms with Gasteiger partial charge in [0.05, 0.1) is 6.17 Å². The first-order chi connectivity index (χ1) is 2.89. The molecule has 34 valence electrons. The van der Waals surface area contributed by atoms with Crippen LogP contribution in [0, 0.1) is 0 Å². The van der Waals surface area contributed by atoms with Crippen LogP contribution in [0.2, 0.25) is 0 Å².